The number of carbonyl (C=O) groups is 2. The van der Waals surface area contributed by atoms with Crippen LogP contribution >= 0.6 is 0 Å². The minimum atomic E-state index is -0.447. The average Bonchev–Trinajstić information content (AvgIpc) is 3.00. The molecule has 0 aliphatic carbocycles. The molecule has 2 aromatic carbocycles. The van der Waals surface area contributed by atoms with Gasteiger partial charge in [0.15, 0.2) is 17.5 Å². The number of methoxy groups -OCH3 is 2. The molecule has 1 unspecified atom stereocenters. The first kappa shape index (κ1) is 19.8. The molecule has 1 aliphatic heterocycles. The lowest BCUT2D eigenvalue weighted by Gasteiger charge is -2.20. The molecular weight excluding hydrogens is 363 g/mol. The van der Waals surface area contributed by atoms with E-state index < -0.39 is 11.9 Å². The number of ether oxygens (including phenoxy) is 2. The number of carbonyl (C=O) groups excluding carboxylic acids is 2. The molecule has 7 heteroatoms. The van der Waals surface area contributed by atoms with E-state index >= 15 is 0 Å². The van der Waals surface area contributed by atoms with E-state index in [0.29, 0.717) is 23.7 Å². The number of nitrogens with zero attached hydrogens (tertiary/aromatic N) is 1. The Morgan fingerprint density at radius 3 is 2.39 bits per heavy atom. The number of anilines is 1. The zero-order chi connectivity index (χ0) is 20.3. The lowest BCUT2D eigenvalue weighted by molar-refractivity contribution is -0.894. The standard InChI is InChI=1S/C21H23FN2O4/c1-23(11-10-14-4-9-18(27-2)19(12-14)28-3)17-13-20(25)24(21(17)26)16-7-5-15(22)6-8-16/h4-9,12,17H,10-11,13H2,1-3H3/p+1/t17-/m0/s1. The van der Waals surface area contributed by atoms with Gasteiger partial charge in [-0.05, 0) is 42.0 Å². The SMILES string of the molecule is COc1ccc(CC[NH+](C)[C@H]2CC(=O)N(c3ccc(F)cc3)C2=O)cc1OC. The summed E-state index contributed by atoms with van der Waals surface area (Å²) in [6, 6.07) is 10.7. The van der Waals surface area contributed by atoms with Crippen molar-refractivity contribution in [1.82, 2.24) is 0 Å². The Hall–Kier alpha value is -2.93. The van der Waals surface area contributed by atoms with Crippen molar-refractivity contribution in [3.63, 3.8) is 0 Å². The molecule has 1 heterocycles. The van der Waals surface area contributed by atoms with Gasteiger partial charge < -0.3 is 14.4 Å². The number of rotatable bonds is 7. The van der Waals surface area contributed by atoms with E-state index in [-0.39, 0.29) is 18.2 Å². The highest BCUT2D eigenvalue weighted by atomic mass is 19.1. The fraction of sp³-hybridized carbons (Fsp3) is 0.333. The molecule has 0 bridgehead atoms. The third-order valence-electron chi connectivity index (χ3n) is 5.08. The Morgan fingerprint density at radius 1 is 1.07 bits per heavy atom. The number of hydrogen-bond donors (Lipinski definition) is 1. The quantitative estimate of drug-likeness (QED) is 0.726. The second-order valence-corrected chi connectivity index (χ2v) is 6.84. The van der Waals surface area contributed by atoms with Gasteiger partial charge in [-0.15, -0.1) is 0 Å². The number of quaternary nitrogens is 1. The molecule has 1 aliphatic rings. The van der Waals surface area contributed by atoms with E-state index in [2.05, 4.69) is 0 Å². The van der Waals surface area contributed by atoms with E-state index in [0.717, 1.165) is 21.8 Å². The Labute approximate surface area is 163 Å². The minimum Gasteiger partial charge on any atom is -0.493 e. The van der Waals surface area contributed by atoms with Crippen LogP contribution in [0.25, 0.3) is 0 Å². The Bertz CT molecular complexity index is 869. The molecule has 3 rings (SSSR count). The van der Waals surface area contributed by atoms with Crippen LogP contribution in [0, 0.1) is 5.82 Å². The van der Waals surface area contributed by atoms with Crippen molar-refractivity contribution < 1.29 is 28.4 Å². The number of hydrogen-bond acceptors (Lipinski definition) is 4. The first-order valence-electron chi connectivity index (χ1n) is 9.10. The van der Waals surface area contributed by atoms with Crippen LogP contribution in [0.2, 0.25) is 0 Å². The summed E-state index contributed by atoms with van der Waals surface area (Å²) in [5, 5.41) is 0. The van der Waals surface area contributed by atoms with Crippen LogP contribution < -0.4 is 19.3 Å². The number of amides is 2. The monoisotopic (exact) mass is 387 g/mol. The zero-order valence-corrected chi connectivity index (χ0v) is 16.2. The smallest absolute Gasteiger partial charge is 0.292 e. The highest BCUT2D eigenvalue weighted by Gasteiger charge is 2.44. The van der Waals surface area contributed by atoms with E-state index in [4.69, 9.17) is 9.47 Å². The maximum absolute atomic E-state index is 13.1. The summed E-state index contributed by atoms with van der Waals surface area (Å²) >= 11 is 0. The van der Waals surface area contributed by atoms with Crippen molar-refractivity contribution in [3.05, 3.63) is 53.8 Å². The van der Waals surface area contributed by atoms with Gasteiger partial charge in [0, 0.05) is 6.42 Å². The Morgan fingerprint density at radius 2 is 1.75 bits per heavy atom. The van der Waals surface area contributed by atoms with Gasteiger partial charge in [-0.25, -0.2) is 9.29 Å². The largest absolute Gasteiger partial charge is 0.493 e. The van der Waals surface area contributed by atoms with Crippen molar-refractivity contribution >= 4 is 17.5 Å². The summed E-state index contributed by atoms with van der Waals surface area (Å²) in [6.07, 6.45) is 0.870. The predicted molar refractivity (Wildman–Crippen MR) is 102 cm³/mol. The number of halogens is 1. The predicted octanol–water partition coefficient (Wildman–Crippen LogP) is 1.23. The maximum Gasteiger partial charge on any atom is 0.292 e. The fourth-order valence-electron chi connectivity index (χ4n) is 3.43. The summed E-state index contributed by atoms with van der Waals surface area (Å²) in [6.45, 7) is 0.677. The first-order valence-corrected chi connectivity index (χ1v) is 9.10. The Kier molecular flexibility index (Phi) is 5.94. The van der Waals surface area contributed by atoms with Gasteiger partial charge >= 0.3 is 0 Å². The summed E-state index contributed by atoms with van der Waals surface area (Å²) in [7, 11) is 5.08. The molecule has 1 N–H and O–H groups in total. The van der Waals surface area contributed by atoms with Gasteiger partial charge in [-0.2, -0.15) is 0 Å². The van der Waals surface area contributed by atoms with Gasteiger partial charge in [0.2, 0.25) is 5.91 Å². The number of likely N-dealkylation sites (N-methyl/N-ethyl adjacent to an activating group) is 1. The summed E-state index contributed by atoms with van der Waals surface area (Å²) < 4.78 is 23.7. The molecule has 2 amide bonds. The topological polar surface area (TPSA) is 60.3 Å². The molecule has 1 saturated heterocycles. The molecule has 148 valence electrons. The highest BCUT2D eigenvalue weighted by molar-refractivity contribution is 6.21. The number of imide groups is 1. The van der Waals surface area contributed by atoms with Crippen LogP contribution in [-0.4, -0.2) is 45.7 Å². The van der Waals surface area contributed by atoms with Crippen molar-refractivity contribution in [2.75, 3.05) is 32.7 Å². The second-order valence-electron chi connectivity index (χ2n) is 6.84. The molecule has 0 saturated carbocycles. The first-order chi connectivity index (χ1) is 13.4. The normalized spacial score (nSPS) is 17.7. The zero-order valence-electron chi connectivity index (χ0n) is 16.2. The van der Waals surface area contributed by atoms with E-state index in [9.17, 15) is 14.0 Å². The van der Waals surface area contributed by atoms with E-state index in [1.807, 2.05) is 25.2 Å². The third-order valence-corrected chi connectivity index (χ3v) is 5.08. The van der Waals surface area contributed by atoms with Crippen molar-refractivity contribution in [2.45, 2.75) is 18.9 Å². The van der Waals surface area contributed by atoms with E-state index in [1.54, 1.807) is 14.2 Å². The van der Waals surface area contributed by atoms with Gasteiger partial charge in [-0.1, -0.05) is 6.07 Å². The molecular formula is C21H24FN2O4+. The molecule has 2 aromatic rings. The number of benzene rings is 2. The molecule has 1 fully saturated rings. The van der Waals surface area contributed by atoms with Crippen LogP contribution in [0.4, 0.5) is 10.1 Å². The van der Waals surface area contributed by atoms with Crippen molar-refractivity contribution in [3.8, 4) is 11.5 Å². The van der Waals surface area contributed by atoms with Crippen LogP contribution in [0.3, 0.4) is 0 Å². The van der Waals surface area contributed by atoms with Gasteiger partial charge in [0.1, 0.15) is 5.82 Å². The Balaban J connectivity index is 1.66. The average molecular weight is 387 g/mol. The molecule has 28 heavy (non-hydrogen) atoms. The lowest BCUT2D eigenvalue weighted by atomic mass is 10.1. The molecule has 6 nitrogen and oxygen atoms in total. The molecule has 2 atom stereocenters. The van der Waals surface area contributed by atoms with Crippen LogP contribution in [0.1, 0.15) is 12.0 Å². The summed E-state index contributed by atoms with van der Waals surface area (Å²) in [5.41, 5.74) is 1.47. The third kappa shape index (κ3) is 3.99. The van der Waals surface area contributed by atoms with Crippen LogP contribution in [0.5, 0.6) is 11.5 Å². The van der Waals surface area contributed by atoms with Gasteiger partial charge in [0.05, 0.1) is 39.9 Å². The van der Waals surface area contributed by atoms with Gasteiger partial charge in [-0.3, -0.25) is 9.59 Å². The van der Waals surface area contributed by atoms with Gasteiger partial charge in [0.25, 0.3) is 5.91 Å². The maximum atomic E-state index is 13.1. The van der Waals surface area contributed by atoms with E-state index in [1.165, 1.54) is 24.3 Å². The molecule has 0 radical (unpaired) electrons. The lowest BCUT2D eigenvalue weighted by Crippen LogP contribution is -3.14. The highest BCUT2D eigenvalue weighted by Crippen LogP contribution is 2.27. The van der Waals surface area contributed by atoms with Crippen LogP contribution in [-0.2, 0) is 16.0 Å². The molecule has 0 spiro atoms. The minimum absolute atomic E-state index is 0.147. The second kappa shape index (κ2) is 8.39. The van der Waals surface area contributed by atoms with Crippen molar-refractivity contribution in [2.24, 2.45) is 0 Å². The summed E-state index contributed by atoms with van der Waals surface area (Å²) in [4.78, 5) is 27.3. The summed E-state index contributed by atoms with van der Waals surface area (Å²) in [5.74, 6) is 0.413. The van der Waals surface area contributed by atoms with Crippen LogP contribution in [0.15, 0.2) is 42.5 Å². The number of nitrogens with one attached hydrogen (secondary N) is 1. The molecule has 0 aromatic heterocycles. The van der Waals surface area contributed by atoms with Crippen molar-refractivity contribution in [1.29, 1.82) is 0 Å². The fourth-order valence-corrected chi connectivity index (χ4v) is 3.43.